The number of hydrogen-bond donors (Lipinski definition) is 1. The molecule has 0 atom stereocenters. The molecule has 0 radical (unpaired) electrons. The summed E-state index contributed by atoms with van der Waals surface area (Å²) in [6.45, 7) is 3.47. The van der Waals surface area contributed by atoms with Gasteiger partial charge < -0.3 is 14.8 Å². The Balaban J connectivity index is 1.32. The number of carbonyl (C=O) groups is 2. The predicted molar refractivity (Wildman–Crippen MR) is 126 cm³/mol. The van der Waals surface area contributed by atoms with E-state index < -0.39 is 0 Å². The van der Waals surface area contributed by atoms with Crippen molar-refractivity contribution in [1.82, 2.24) is 14.8 Å². The molecule has 0 bridgehead atoms. The van der Waals surface area contributed by atoms with Crippen LogP contribution in [0.3, 0.4) is 0 Å². The largest absolute Gasteiger partial charge is 0.361 e. The molecule has 0 saturated heterocycles. The summed E-state index contributed by atoms with van der Waals surface area (Å²) in [7, 11) is 0. The van der Waals surface area contributed by atoms with Crippen LogP contribution in [0.25, 0.3) is 10.9 Å². The summed E-state index contributed by atoms with van der Waals surface area (Å²) >= 11 is 0. The molecule has 2 aromatic carbocycles. The highest BCUT2D eigenvalue weighted by Crippen LogP contribution is 2.36. The molecule has 0 aliphatic heterocycles. The maximum atomic E-state index is 13.5. The third-order valence-corrected chi connectivity index (χ3v) is 6.68. The van der Waals surface area contributed by atoms with Crippen molar-refractivity contribution in [3.05, 3.63) is 71.4 Å². The summed E-state index contributed by atoms with van der Waals surface area (Å²) < 4.78 is 0. The van der Waals surface area contributed by atoms with Gasteiger partial charge in [0, 0.05) is 42.1 Å². The van der Waals surface area contributed by atoms with Gasteiger partial charge in [-0.2, -0.15) is 0 Å². The smallest absolute Gasteiger partial charge is 0.242 e. The van der Waals surface area contributed by atoms with E-state index in [0.29, 0.717) is 13.1 Å². The zero-order chi connectivity index (χ0) is 22.1. The summed E-state index contributed by atoms with van der Waals surface area (Å²) in [6, 6.07) is 16.9. The number of nitrogens with zero attached hydrogens (tertiary/aromatic N) is 2. The number of rotatable bonds is 9. The first-order chi connectivity index (χ1) is 15.6. The summed E-state index contributed by atoms with van der Waals surface area (Å²) in [6.07, 6.45) is 6.83. The second kappa shape index (κ2) is 8.81. The van der Waals surface area contributed by atoms with Crippen LogP contribution in [0.2, 0.25) is 0 Å². The molecular formula is C27H31N3O2. The van der Waals surface area contributed by atoms with Crippen molar-refractivity contribution >= 4 is 22.7 Å². The second-order valence-corrected chi connectivity index (χ2v) is 9.38. The molecule has 5 heteroatoms. The quantitative estimate of drug-likeness (QED) is 0.546. The van der Waals surface area contributed by atoms with Crippen LogP contribution >= 0.6 is 0 Å². The number of aryl methyl sites for hydroxylation is 1. The second-order valence-electron chi connectivity index (χ2n) is 9.38. The number of aromatic nitrogens is 1. The molecule has 166 valence electrons. The minimum absolute atomic E-state index is 0.0475. The molecule has 2 amide bonds. The normalized spacial score (nSPS) is 15.7. The highest BCUT2D eigenvalue weighted by Gasteiger charge is 2.41. The lowest BCUT2D eigenvalue weighted by molar-refractivity contribution is -0.142. The number of aromatic amines is 1. The molecule has 32 heavy (non-hydrogen) atoms. The highest BCUT2D eigenvalue weighted by molar-refractivity contribution is 5.88. The first-order valence-electron chi connectivity index (χ1n) is 11.8. The Morgan fingerprint density at radius 2 is 1.75 bits per heavy atom. The number of nitrogens with one attached hydrogen (secondary N) is 1. The predicted octanol–water partition coefficient (Wildman–Crippen LogP) is 4.45. The van der Waals surface area contributed by atoms with Crippen LogP contribution in [0, 0.1) is 12.8 Å². The average Bonchev–Trinajstić information content (AvgIpc) is 3.73. The van der Waals surface area contributed by atoms with Crippen LogP contribution in [-0.4, -0.2) is 45.7 Å². The van der Waals surface area contributed by atoms with Crippen LogP contribution in [0.4, 0.5) is 0 Å². The number of carbonyl (C=O) groups excluding carboxylic acids is 2. The Hall–Kier alpha value is -3.08. The van der Waals surface area contributed by atoms with Gasteiger partial charge in [-0.15, -0.1) is 0 Å². The minimum Gasteiger partial charge on any atom is -0.361 e. The number of benzene rings is 2. The van der Waals surface area contributed by atoms with E-state index in [2.05, 4.69) is 48.3 Å². The maximum absolute atomic E-state index is 13.5. The fourth-order valence-electron chi connectivity index (χ4n) is 4.38. The molecule has 5 rings (SSSR count). The van der Waals surface area contributed by atoms with Crippen LogP contribution in [0.1, 0.15) is 42.4 Å². The molecule has 2 aliphatic rings. The van der Waals surface area contributed by atoms with Gasteiger partial charge in [-0.25, -0.2) is 0 Å². The van der Waals surface area contributed by atoms with E-state index in [1.165, 1.54) is 16.5 Å². The van der Waals surface area contributed by atoms with E-state index in [1.54, 1.807) is 0 Å². The Kier molecular flexibility index (Phi) is 5.73. The Morgan fingerprint density at radius 3 is 2.47 bits per heavy atom. The summed E-state index contributed by atoms with van der Waals surface area (Å²) in [5.74, 6) is 0.388. The maximum Gasteiger partial charge on any atom is 0.242 e. The lowest BCUT2D eigenvalue weighted by atomic mass is 10.1. The third kappa shape index (κ3) is 4.72. The number of H-pyrrole nitrogens is 1. The fourth-order valence-corrected chi connectivity index (χ4v) is 4.38. The van der Waals surface area contributed by atoms with E-state index in [9.17, 15) is 9.59 Å². The lowest BCUT2D eigenvalue weighted by Crippen LogP contribution is -2.44. The first-order valence-corrected chi connectivity index (χ1v) is 11.8. The van der Waals surface area contributed by atoms with Gasteiger partial charge in [0.05, 0.1) is 0 Å². The zero-order valence-corrected chi connectivity index (χ0v) is 18.7. The van der Waals surface area contributed by atoms with Gasteiger partial charge in [0.25, 0.3) is 0 Å². The molecule has 2 saturated carbocycles. The number of hydrogen-bond acceptors (Lipinski definition) is 2. The standard InChI is InChI=1S/C27H31N3O2/c1-19-6-8-20(9-7-19)17-29(15-14-22-16-28-25-5-3-2-4-24(22)25)26(31)18-30(23-12-13-23)27(32)21-10-11-21/h2-9,16,21,23,28H,10-15,17-18H2,1H3. The molecule has 1 N–H and O–H groups in total. The van der Waals surface area contributed by atoms with E-state index >= 15 is 0 Å². The van der Waals surface area contributed by atoms with Gasteiger partial charge in [0.2, 0.25) is 11.8 Å². The summed E-state index contributed by atoms with van der Waals surface area (Å²) in [4.78, 5) is 33.4. The molecule has 1 aromatic heterocycles. The van der Waals surface area contributed by atoms with Crippen molar-refractivity contribution in [2.75, 3.05) is 13.1 Å². The van der Waals surface area contributed by atoms with Crippen molar-refractivity contribution in [3.63, 3.8) is 0 Å². The molecule has 0 spiro atoms. The van der Waals surface area contributed by atoms with Gasteiger partial charge in [0.15, 0.2) is 0 Å². The molecule has 1 heterocycles. The van der Waals surface area contributed by atoms with E-state index in [0.717, 1.165) is 43.2 Å². The molecule has 5 nitrogen and oxygen atoms in total. The van der Waals surface area contributed by atoms with Crippen LogP contribution in [-0.2, 0) is 22.6 Å². The number of amides is 2. The van der Waals surface area contributed by atoms with Crippen molar-refractivity contribution in [2.45, 2.75) is 51.6 Å². The number of fused-ring (bicyclic) bond motifs is 1. The fraction of sp³-hybridized carbons (Fsp3) is 0.407. The molecule has 3 aromatic rings. The summed E-state index contributed by atoms with van der Waals surface area (Å²) in [5.41, 5.74) is 4.67. The van der Waals surface area contributed by atoms with Gasteiger partial charge in [-0.05, 0) is 56.2 Å². The Morgan fingerprint density at radius 1 is 1.00 bits per heavy atom. The van der Waals surface area contributed by atoms with Gasteiger partial charge in [-0.1, -0.05) is 48.0 Å². The van der Waals surface area contributed by atoms with Crippen molar-refractivity contribution in [3.8, 4) is 0 Å². The van der Waals surface area contributed by atoms with Crippen LogP contribution < -0.4 is 0 Å². The lowest BCUT2D eigenvalue weighted by Gasteiger charge is -2.28. The molecular weight excluding hydrogens is 398 g/mol. The molecule has 0 unspecified atom stereocenters. The van der Waals surface area contributed by atoms with Crippen molar-refractivity contribution in [2.24, 2.45) is 5.92 Å². The molecule has 2 aliphatic carbocycles. The average molecular weight is 430 g/mol. The van der Waals surface area contributed by atoms with Gasteiger partial charge >= 0.3 is 0 Å². The van der Waals surface area contributed by atoms with Gasteiger partial charge in [-0.3, -0.25) is 9.59 Å². The first kappa shape index (κ1) is 20.8. The molecule has 2 fully saturated rings. The Labute approximate surface area is 189 Å². The monoisotopic (exact) mass is 429 g/mol. The minimum atomic E-state index is 0.0475. The van der Waals surface area contributed by atoms with E-state index in [1.807, 2.05) is 28.1 Å². The van der Waals surface area contributed by atoms with E-state index in [-0.39, 0.29) is 30.3 Å². The van der Waals surface area contributed by atoms with Crippen molar-refractivity contribution in [1.29, 1.82) is 0 Å². The van der Waals surface area contributed by atoms with E-state index in [4.69, 9.17) is 0 Å². The van der Waals surface area contributed by atoms with Gasteiger partial charge in [0.1, 0.15) is 6.54 Å². The number of para-hydroxylation sites is 1. The topological polar surface area (TPSA) is 56.4 Å². The zero-order valence-electron chi connectivity index (χ0n) is 18.7. The Bertz CT molecular complexity index is 1110. The van der Waals surface area contributed by atoms with Crippen molar-refractivity contribution < 1.29 is 9.59 Å². The third-order valence-electron chi connectivity index (χ3n) is 6.68. The summed E-state index contributed by atoms with van der Waals surface area (Å²) in [5, 5.41) is 1.21. The van der Waals surface area contributed by atoms with Crippen LogP contribution in [0.15, 0.2) is 54.7 Å². The SMILES string of the molecule is Cc1ccc(CN(CCc2c[nH]c3ccccc23)C(=O)CN(C(=O)C2CC2)C2CC2)cc1. The highest BCUT2D eigenvalue weighted by atomic mass is 16.2. The van der Waals surface area contributed by atoms with Crippen LogP contribution in [0.5, 0.6) is 0 Å².